The minimum Gasteiger partial charge on any atom is -0.465 e. The predicted octanol–water partition coefficient (Wildman–Crippen LogP) is 2.77. The molecule has 0 fully saturated rings. The number of rotatable bonds is 3. The SMILES string of the molecule is COC(=O)c1ccncc1-c1cccc(N2CCN=C2C)c1. The van der Waals surface area contributed by atoms with Gasteiger partial charge in [0, 0.05) is 30.2 Å². The van der Waals surface area contributed by atoms with E-state index in [1.165, 1.54) is 7.11 Å². The van der Waals surface area contributed by atoms with Gasteiger partial charge in [-0.1, -0.05) is 12.1 Å². The first-order valence-electron chi connectivity index (χ1n) is 7.12. The van der Waals surface area contributed by atoms with Gasteiger partial charge in [-0.15, -0.1) is 0 Å². The van der Waals surface area contributed by atoms with Crippen molar-refractivity contribution in [3.63, 3.8) is 0 Å². The summed E-state index contributed by atoms with van der Waals surface area (Å²) in [6.07, 6.45) is 3.28. The smallest absolute Gasteiger partial charge is 0.338 e. The van der Waals surface area contributed by atoms with E-state index >= 15 is 0 Å². The number of anilines is 1. The molecule has 1 aromatic carbocycles. The van der Waals surface area contributed by atoms with Crippen molar-refractivity contribution in [3.05, 3.63) is 48.3 Å². The van der Waals surface area contributed by atoms with Gasteiger partial charge in [0.2, 0.25) is 0 Å². The molecular formula is C17H17N3O2. The first kappa shape index (κ1) is 14.3. The first-order chi connectivity index (χ1) is 10.7. The van der Waals surface area contributed by atoms with Gasteiger partial charge in [0.25, 0.3) is 0 Å². The Bertz CT molecular complexity index is 740. The van der Waals surface area contributed by atoms with Crippen LogP contribution in [0.2, 0.25) is 0 Å². The molecule has 2 heterocycles. The molecule has 0 amide bonds. The van der Waals surface area contributed by atoms with Crippen LogP contribution in [0, 0.1) is 0 Å². The third-order valence-electron chi connectivity index (χ3n) is 3.75. The number of aliphatic imine (C=N–C) groups is 1. The largest absolute Gasteiger partial charge is 0.465 e. The molecule has 5 nitrogen and oxygen atoms in total. The Labute approximate surface area is 129 Å². The maximum atomic E-state index is 11.9. The van der Waals surface area contributed by atoms with E-state index in [0.717, 1.165) is 35.7 Å². The lowest BCUT2D eigenvalue weighted by molar-refractivity contribution is 0.0601. The summed E-state index contributed by atoms with van der Waals surface area (Å²) in [6.45, 7) is 3.70. The van der Waals surface area contributed by atoms with Gasteiger partial charge in [0.05, 0.1) is 19.2 Å². The number of benzene rings is 1. The lowest BCUT2D eigenvalue weighted by Crippen LogP contribution is -2.24. The van der Waals surface area contributed by atoms with Gasteiger partial charge in [-0.25, -0.2) is 4.79 Å². The van der Waals surface area contributed by atoms with Crippen molar-refractivity contribution < 1.29 is 9.53 Å². The van der Waals surface area contributed by atoms with Crippen LogP contribution in [0.1, 0.15) is 17.3 Å². The van der Waals surface area contributed by atoms with Crippen LogP contribution in [-0.4, -0.2) is 37.0 Å². The Kier molecular flexibility index (Phi) is 3.87. The summed E-state index contributed by atoms with van der Waals surface area (Å²) in [7, 11) is 1.38. The third kappa shape index (κ3) is 2.57. The summed E-state index contributed by atoms with van der Waals surface area (Å²) >= 11 is 0. The highest BCUT2D eigenvalue weighted by Crippen LogP contribution is 2.28. The summed E-state index contributed by atoms with van der Waals surface area (Å²) in [5.41, 5.74) is 3.29. The fourth-order valence-electron chi connectivity index (χ4n) is 2.63. The molecule has 0 aliphatic carbocycles. The highest BCUT2D eigenvalue weighted by atomic mass is 16.5. The van der Waals surface area contributed by atoms with Crippen LogP contribution in [0.5, 0.6) is 0 Å². The van der Waals surface area contributed by atoms with Crippen molar-refractivity contribution >= 4 is 17.5 Å². The average molecular weight is 295 g/mol. The third-order valence-corrected chi connectivity index (χ3v) is 3.75. The van der Waals surface area contributed by atoms with E-state index in [9.17, 15) is 4.79 Å². The van der Waals surface area contributed by atoms with E-state index in [1.807, 2.05) is 31.2 Å². The molecule has 0 bridgehead atoms. The molecule has 5 heteroatoms. The van der Waals surface area contributed by atoms with Crippen molar-refractivity contribution in [2.75, 3.05) is 25.1 Å². The van der Waals surface area contributed by atoms with Crippen molar-refractivity contribution in [2.45, 2.75) is 6.92 Å². The zero-order chi connectivity index (χ0) is 15.5. The summed E-state index contributed by atoms with van der Waals surface area (Å²) in [5, 5.41) is 0. The number of carbonyl (C=O) groups excluding carboxylic acids is 1. The molecule has 112 valence electrons. The van der Waals surface area contributed by atoms with Crippen LogP contribution in [0.3, 0.4) is 0 Å². The van der Waals surface area contributed by atoms with Crippen LogP contribution in [-0.2, 0) is 4.74 Å². The second-order valence-electron chi connectivity index (χ2n) is 5.04. The zero-order valence-electron chi connectivity index (χ0n) is 12.6. The number of nitrogens with zero attached hydrogens (tertiary/aromatic N) is 3. The lowest BCUT2D eigenvalue weighted by Gasteiger charge is -2.19. The van der Waals surface area contributed by atoms with E-state index in [4.69, 9.17) is 4.74 Å². The molecule has 1 aliphatic rings. The molecule has 0 atom stereocenters. The fraction of sp³-hybridized carbons (Fsp3) is 0.235. The number of pyridine rings is 1. The predicted molar refractivity (Wildman–Crippen MR) is 86.3 cm³/mol. The molecule has 1 aromatic heterocycles. The Morgan fingerprint density at radius 2 is 2.18 bits per heavy atom. The van der Waals surface area contributed by atoms with Crippen molar-refractivity contribution in [1.29, 1.82) is 0 Å². The molecule has 22 heavy (non-hydrogen) atoms. The number of methoxy groups -OCH3 is 1. The number of amidine groups is 1. The van der Waals surface area contributed by atoms with Crippen LogP contribution in [0.4, 0.5) is 5.69 Å². The second kappa shape index (κ2) is 5.97. The minimum absolute atomic E-state index is 0.360. The number of carbonyl (C=O) groups is 1. The van der Waals surface area contributed by atoms with Gasteiger partial charge in [0.1, 0.15) is 5.84 Å². The maximum Gasteiger partial charge on any atom is 0.338 e. The van der Waals surface area contributed by atoms with Crippen LogP contribution in [0.25, 0.3) is 11.1 Å². The first-order valence-corrected chi connectivity index (χ1v) is 7.12. The van der Waals surface area contributed by atoms with E-state index in [-0.39, 0.29) is 5.97 Å². The molecule has 0 spiro atoms. The van der Waals surface area contributed by atoms with Gasteiger partial charge in [-0.3, -0.25) is 9.98 Å². The molecule has 2 aromatic rings. The van der Waals surface area contributed by atoms with Gasteiger partial charge >= 0.3 is 5.97 Å². The lowest BCUT2D eigenvalue weighted by atomic mass is 10.0. The van der Waals surface area contributed by atoms with Gasteiger partial charge in [-0.05, 0) is 30.7 Å². The fourth-order valence-corrected chi connectivity index (χ4v) is 2.63. The maximum absolute atomic E-state index is 11.9. The minimum atomic E-state index is -0.360. The molecule has 0 N–H and O–H groups in total. The van der Waals surface area contributed by atoms with Crippen molar-refractivity contribution in [1.82, 2.24) is 4.98 Å². The normalized spacial score (nSPS) is 13.9. The Balaban J connectivity index is 2.03. The average Bonchev–Trinajstić information content (AvgIpc) is 3.00. The number of esters is 1. The van der Waals surface area contributed by atoms with Crippen molar-refractivity contribution in [3.8, 4) is 11.1 Å². The van der Waals surface area contributed by atoms with Crippen LogP contribution in [0.15, 0.2) is 47.7 Å². The number of aromatic nitrogens is 1. The highest BCUT2D eigenvalue weighted by Gasteiger charge is 2.17. The molecule has 0 unspecified atom stereocenters. The van der Waals surface area contributed by atoms with Crippen LogP contribution >= 0.6 is 0 Å². The van der Waals surface area contributed by atoms with Crippen molar-refractivity contribution in [2.24, 2.45) is 4.99 Å². The van der Waals surface area contributed by atoms with Crippen LogP contribution < -0.4 is 4.90 Å². The Morgan fingerprint density at radius 1 is 1.32 bits per heavy atom. The van der Waals surface area contributed by atoms with E-state index in [1.54, 1.807) is 18.5 Å². The quantitative estimate of drug-likeness (QED) is 0.817. The summed E-state index contributed by atoms with van der Waals surface area (Å²) in [5.74, 6) is 0.651. The number of ether oxygens (including phenoxy) is 1. The summed E-state index contributed by atoms with van der Waals surface area (Å²) in [6, 6.07) is 9.71. The highest BCUT2D eigenvalue weighted by molar-refractivity contribution is 5.99. The van der Waals surface area contributed by atoms with Gasteiger partial charge < -0.3 is 9.64 Å². The monoisotopic (exact) mass is 295 g/mol. The molecule has 0 saturated carbocycles. The molecule has 3 rings (SSSR count). The van der Waals surface area contributed by atoms with Gasteiger partial charge in [0.15, 0.2) is 0 Å². The molecule has 0 radical (unpaired) electrons. The second-order valence-corrected chi connectivity index (χ2v) is 5.04. The van der Waals surface area contributed by atoms with Gasteiger partial charge in [-0.2, -0.15) is 0 Å². The Hall–Kier alpha value is -2.69. The topological polar surface area (TPSA) is 54.8 Å². The summed E-state index contributed by atoms with van der Waals surface area (Å²) < 4.78 is 4.85. The van der Waals surface area contributed by atoms with E-state index in [0.29, 0.717) is 5.56 Å². The molecule has 0 saturated heterocycles. The summed E-state index contributed by atoms with van der Waals surface area (Å²) in [4.78, 5) is 22.6. The Morgan fingerprint density at radius 3 is 2.91 bits per heavy atom. The zero-order valence-corrected chi connectivity index (χ0v) is 12.6. The molecular weight excluding hydrogens is 278 g/mol. The number of hydrogen-bond acceptors (Lipinski definition) is 5. The molecule has 1 aliphatic heterocycles. The van der Waals surface area contributed by atoms with E-state index < -0.39 is 0 Å². The van der Waals surface area contributed by atoms with E-state index in [2.05, 4.69) is 14.9 Å². The number of hydrogen-bond donors (Lipinski definition) is 0. The standard InChI is InChI=1S/C17H17N3O2/c1-12-19-8-9-20(12)14-5-3-4-13(10-14)16-11-18-7-6-15(16)17(21)22-2/h3-7,10-11H,8-9H2,1-2H3.